The van der Waals surface area contributed by atoms with E-state index in [1.165, 1.54) is 12.1 Å². The van der Waals surface area contributed by atoms with E-state index in [0.717, 1.165) is 0 Å². The van der Waals surface area contributed by atoms with Gasteiger partial charge in [-0.25, -0.2) is 4.39 Å². The van der Waals surface area contributed by atoms with E-state index in [2.05, 4.69) is 0 Å². The molecule has 0 spiro atoms. The first-order valence-corrected chi connectivity index (χ1v) is 5.77. The summed E-state index contributed by atoms with van der Waals surface area (Å²) in [6.45, 7) is 0.263. The second kappa shape index (κ2) is 4.26. The Kier molecular flexibility index (Phi) is 2.59. The number of ether oxygens (including phenoxy) is 1. The fourth-order valence-electron chi connectivity index (χ4n) is 2.20. The Morgan fingerprint density at radius 2 is 1.94 bits per heavy atom. The number of para-hydroxylation sites is 1. The van der Waals surface area contributed by atoms with Crippen LogP contribution in [-0.4, -0.2) is 12.4 Å². The van der Waals surface area contributed by atoms with Gasteiger partial charge in [0, 0.05) is 0 Å². The largest absolute Gasteiger partial charge is 0.492 e. The van der Waals surface area contributed by atoms with E-state index < -0.39 is 5.92 Å². The van der Waals surface area contributed by atoms with E-state index in [1.54, 1.807) is 30.3 Å². The number of halogens is 1. The molecule has 1 aliphatic heterocycles. The molecule has 0 saturated heterocycles. The number of hydrogen-bond donors (Lipinski definition) is 0. The number of rotatable bonds is 1. The van der Waals surface area contributed by atoms with Crippen molar-refractivity contribution in [2.24, 2.45) is 0 Å². The van der Waals surface area contributed by atoms with Gasteiger partial charge in [0.15, 0.2) is 5.78 Å². The molecule has 3 heteroatoms. The van der Waals surface area contributed by atoms with E-state index in [4.69, 9.17) is 4.74 Å². The quantitative estimate of drug-likeness (QED) is 0.767. The molecule has 0 unspecified atom stereocenters. The summed E-state index contributed by atoms with van der Waals surface area (Å²) in [5.74, 6) is -0.160. The predicted octanol–water partition coefficient (Wildman–Crippen LogP) is 3.18. The van der Waals surface area contributed by atoms with Crippen molar-refractivity contribution in [3.63, 3.8) is 0 Å². The summed E-state index contributed by atoms with van der Waals surface area (Å²) >= 11 is 0. The molecule has 0 bridgehead atoms. The van der Waals surface area contributed by atoms with Gasteiger partial charge in [0.25, 0.3) is 0 Å². The number of carbonyl (C=O) groups excluding carboxylic acids is 1. The van der Waals surface area contributed by atoms with Gasteiger partial charge in [0.2, 0.25) is 0 Å². The maximum absolute atomic E-state index is 13.2. The minimum Gasteiger partial charge on any atom is -0.492 e. The third kappa shape index (κ3) is 1.78. The molecule has 0 fully saturated rings. The van der Waals surface area contributed by atoms with E-state index in [-0.39, 0.29) is 18.2 Å². The first-order valence-electron chi connectivity index (χ1n) is 5.77. The first kappa shape index (κ1) is 11.0. The molecule has 1 atom stereocenters. The van der Waals surface area contributed by atoms with Crippen molar-refractivity contribution in [1.82, 2.24) is 0 Å². The molecular weight excluding hydrogens is 231 g/mol. The minimum absolute atomic E-state index is 0.0116. The molecule has 1 heterocycles. The van der Waals surface area contributed by atoms with Crippen LogP contribution in [0.2, 0.25) is 0 Å². The zero-order valence-corrected chi connectivity index (χ0v) is 9.60. The van der Waals surface area contributed by atoms with Crippen LogP contribution in [0.15, 0.2) is 48.5 Å². The van der Waals surface area contributed by atoms with Crippen LogP contribution in [0.3, 0.4) is 0 Å². The van der Waals surface area contributed by atoms with Crippen LogP contribution < -0.4 is 4.74 Å². The molecule has 2 aromatic rings. The third-order valence-corrected chi connectivity index (χ3v) is 3.13. The Morgan fingerprint density at radius 3 is 2.78 bits per heavy atom. The topological polar surface area (TPSA) is 26.3 Å². The van der Waals surface area contributed by atoms with E-state index >= 15 is 0 Å². The predicted molar refractivity (Wildman–Crippen MR) is 65.4 cm³/mol. The summed E-state index contributed by atoms with van der Waals surface area (Å²) in [6, 6.07) is 13.3. The van der Waals surface area contributed by atoms with E-state index in [1.807, 2.05) is 6.07 Å². The molecule has 1 aliphatic rings. The maximum Gasteiger partial charge on any atom is 0.177 e. The number of benzene rings is 2. The van der Waals surface area contributed by atoms with Crippen LogP contribution in [0, 0.1) is 5.82 Å². The molecular formula is C15H11FO2. The lowest BCUT2D eigenvalue weighted by Crippen LogP contribution is -2.26. The Bertz CT molecular complexity index is 607. The number of ketones is 1. The molecule has 18 heavy (non-hydrogen) atoms. The zero-order valence-electron chi connectivity index (χ0n) is 9.60. The average Bonchev–Trinajstić information content (AvgIpc) is 2.39. The van der Waals surface area contributed by atoms with Gasteiger partial charge in [-0.3, -0.25) is 4.79 Å². The van der Waals surface area contributed by atoms with Crippen LogP contribution in [-0.2, 0) is 0 Å². The number of carbonyl (C=O) groups is 1. The standard InChI is InChI=1S/C15H11FO2/c16-11-5-3-4-10(8-11)13-9-18-14-7-2-1-6-12(14)15(13)17/h1-8,13H,9H2/t13-/m1/s1. The highest BCUT2D eigenvalue weighted by Gasteiger charge is 2.29. The molecule has 2 aromatic carbocycles. The summed E-state index contributed by atoms with van der Waals surface area (Å²) in [7, 11) is 0. The van der Waals surface area contributed by atoms with Crippen LogP contribution in [0.1, 0.15) is 21.8 Å². The van der Waals surface area contributed by atoms with Gasteiger partial charge in [0.1, 0.15) is 18.2 Å². The minimum atomic E-state index is -0.421. The average molecular weight is 242 g/mol. The van der Waals surface area contributed by atoms with E-state index in [9.17, 15) is 9.18 Å². The number of hydrogen-bond acceptors (Lipinski definition) is 2. The highest BCUT2D eigenvalue weighted by atomic mass is 19.1. The SMILES string of the molecule is O=C1c2ccccc2OC[C@@H]1c1cccc(F)c1. The number of fused-ring (bicyclic) bond motifs is 1. The van der Waals surface area contributed by atoms with Crippen LogP contribution in [0.5, 0.6) is 5.75 Å². The van der Waals surface area contributed by atoms with Crippen molar-refractivity contribution < 1.29 is 13.9 Å². The van der Waals surface area contributed by atoms with Crippen molar-refractivity contribution in [2.45, 2.75) is 5.92 Å². The van der Waals surface area contributed by atoms with Crippen LogP contribution >= 0.6 is 0 Å². The zero-order chi connectivity index (χ0) is 12.5. The van der Waals surface area contributed by atoms with Crippen LogP contribution in [0.4, 0.5) is 4.39 Å². The Hall–Kier alpha value is -2.16. The van der Waals surface area contributed by atoms with Crippen molar-refractivity contribution in [3.05, 3.63) is 65.5 Å². The summed E-state index contributed by atoms with van der Waals surface area (Å²) in [5, 5.41) is 0. The molecule has 0 N–H and O–H groups in total. The molecule has 0 amide bonds. The van der Waals surface area contributed by atoms with Crippen molar-refractivity contribution in [1.29, 1.82) is 0 Å². The molecule has 0 saturated carbocycles. The van der Waals surface area contributed by atoms with Gasteiger partial charge in [0.05, 0.1) is 11.5 Å². The first-order chi connectivity index (χ1) is 8.75. The highest BCUT2D eigenvalue weighted by molar-refractivity contribution is 6.04. The van der Waals surface area contributed by atoms with Gasteiger partial charge < -0.3 is 4.74 Å². The van der Waals surface area contributed by atoms with Crippen LogP contribution in [0.25, 0.3) is 0 Å². The van der Waals surface area contributed by atoms with Crippen molar-refractivity contribution >= 4 is 5.78 Å². The fraction of sp³-hybridized carbons (Fsp3) is 0.133. The summed E-state index contributed by atoms with van der Waals surface area (Å²) < 4.78 is 18.8. The van der Waals surface area contributed by atoms with Crippen molar-refractivity contribution in [3.8, 4) is 5.75 Å². The maximum atomic E-state index is 13.2. The molecule has 0 radical (unpaired) electrons. The lowest BCUT2D eigenvalue weighted by molar-refractivity contribution is 0.0896. The lowest BCUT2D eigenvalue weighted by Gasteiger charge is -2.24. The fourth-order valence-corrected chi connectivity index (χ4v) is 2.20. The highest BCUT2D eigenvalue weighted by Crippen LogP contribution is 2.32. The summed E-state index contributed by atoms with van der Waals surface area (Å²) in [6.07, 6.45) is 0. The summed E-state index contributed by atoms with van der Waals surface area (Å²) in [5.41, 5.74) is 1.23. The van der Waals surface area contributed by atoms with Gasteiger partial charge in [-0.15, -0.1) is 0 Å². The molecule has 0 aliphatic carbocycles. The van der Waals surface area contributed by atoms with Gasteiger partial charge in [-0.05, 0) is 29.8 Å². The second-order valence-electron chi connectivity index (χ2n) is 4.28. The summed E-state index contributed by atoms with van der Waals surface area (Å²) in [4.78, 5) is 12.3. The Morgan fingerprint density at radius 1 is 1.11 bits per heavy atom. The molecule has 90 valence electrons. The molecule has 3 rings (SSSR count). The normalized spacial score (nSPS) is 18.1. The monoisotopic (exact) mass is 242 g/mol. The smallest absolute Gasteiger partial charge is 0.177 e. The lowest BCUT2D eigenvalue weighted by atomic mass is 9.89. The Balaban J connectivity index is 2.00. The van der Waals surface area contributed by atoms with Gasteiger partial charge in [-0.1, -0.05) is 24.3 Å². The van der Waals surface area contributed by atoms with Gasteiger partial charge in [-0.2, -0.15) is 0 Å². The molecule has 2 nitrogen and oxygen atoms in total. The molecule has 0 aromatic heterocycles. The van der Waals surface area contributed by atoms with E-state index in [0.29, 0.717) is 16.9 Å². The Labute approximate surface area is 104 Å². The number of Topliss-reactive ketones (excluding diaryl/α,β-unsaturated/α-hetero) is 1. The third-order valence-electron chi connectivity index (χ3n) is 3.13. The van der Waals surface area contributed by atoms with Gasteiger partial charge >= 0.3 is 0 Å². The second-order valence-corrected chi connectivity index (χ2v) is 4.28. The van der Waals surface area contributed by atoms with Crippen molar-refractivity contribution in [2.75, 3.05) is 6.61 Å².